The van der Waals surface area contributed by atoms with Gasteiger partial charge in [0.05, 0.1) is 12.0 Å². The Balaban J connectivity index is 1.91. The molecule has 1 heterocycles. The molecule has 0 radical (unpaired) electrons. The summed E-state index contributed by atoms with van der Waals surface area (Å²) in [4.78, 5) is 16.0. The molecule has 0 spiro atoms. The number of hydrogen-bond acceptors (Lipinski definition) is 3. The highest BCUT2D eigenvalue weighted by Crippen LogP contribution is 2.38. The molecule has 17 heavy (non-hydrogen) atoms. The van der Waals surface area contributed by atoms with Crippen LogP contribution in [0.5, 0.6) is 0 Å². The molecule has 0 unspecified atom stereocenters. The van der Waals surface area contributed by atoms with Gasteiger partial charge in [-0.2, -0.15) is 0 Å². The molecule has 92 valence electrons. The number of amides is 1. The third-order valence-corrected chi connectivity index (χ3v) is 3.81. The van der Waals surface area contributed by atoms with Crippen LogP contribution >= 0.6 is 22.6 Å². The first-order valence-electron chi connectivity index (χ1n) is 5.60. The smallest absolute Gasteiger partial charge is 0.228 e. The lowest BCUT2D eigenvalue weighted by molar-refractivity contribution is -0.129. The summed E-state index contributed by atoms with van der Waals surface area (Å²) in [6, 6.07) is 3.72. The van der Waals surface area contributed by atoms with Crippen molar-refractivity contribution in [3.05, 3.63) is 21.9 Å². The second kappa shape index (κ2) is 5.30. The van der Waals surface area contributed by atoms with Crippen molar-refractivity contribution in [3.63, 3.8) is 0 Å². The first kappa shape index (κ1) is 12.8. The normalized spacial score (nSPS) is 17.3. The fourth-order valence-electron chi connectivity index (χ4n) is 1.95. The molecule has 1 amide bonds. The Morgan fingerprint density at radius 2 is 2.35 bits per heavy atom. The molecule has 0 bridgehead atoms. The van der Waals surface area contributed by atoms with Gasteiger partial charge in [0.15, 0.2) is 0 Å². The maximum absolute atomic E-state index is 11.8. The van der Waals surface area contributed by atoms with Crippen LogP contribution < -0.4 is 5.32 Å². The molecule has 1 fully saturated rings. The number of halogens is 1. The standard InChI is InChI=1S/C12H15IN2O2/c1-17-12(5-2-6-12)7-11(16)15-10-4-3-9(13)8-14-10/h3-4,8H,2,5-7H2,1H3,(H,14,15,16). The van der Waals surface area contributed by atoms with Crippen LogP contribution in [0.2, 0.25) is 0 Å². The highest BCUT2D eigenvalue weighted by molar-refractivity contribution is 14.1. The SMILES string of the molecule is COC1(CC(=O)Nc2ccc(I)cn2)CCC1. The molecule has 0 atom stereocenters. The topological polar surface area (TPSA) is 51.2 Å². The Morgan fingerprint density at radius 3 is 2.82 bits per heavy atom. The number of pyridine rings is 1. The lowest BCUT2D eigenvalue weighted by Gasteiger charge is -2.39. The highest BCUT2D eigenvalue weighted by Gasteiger charge is 2.38. The Kier molecular flexibility index (Phi) is 3.98. The quantitative estimate of drug-likeness (QED) is 0.853. The van der Waals surface area contributed by atoms with E-state index in [1.54, 1.807) is 19.4 Å². The van der Waals surface area contributed by atoms with Crippen molar-refractivity contribution >= 4 is 34.3 Å². The van der Waals surface area contributed by atoms with E-state index in [0.717, 1.165) is 22.8 Å². The molecule has 1 aliphatic rings. The van der Waals surface area contributed by atoms with E-state index in [4.69, 9.17) is 4.74 Å². The largest absolute Gasteiger partial charge is 0.378 e. The number of anilines is 1. The Hall–Kier alpha value is -0.690. The second-order valence-electron chi connectivity index (χ2n) is 4.33. The van der Waals surface area contributed by atoms with Crippen molar-refractivity contribution in [2.24, 2.45) is 0 Å². The zero-order valence-electron chi connectivity index (χ0n) is 9.70. The lowest BCUT2D eigenvalue weighted by Crippen LogP contribution is -2.42. The fourth-order valence-corrected chi connectivity index (χ4v) is 2.27. The number of aromatic nitrogens is 1. The van der Waals surface area contributed by atoms with Gasteiger partial charge in [-0.3, -0.25) is 4.79 Å². The van der Waals surface area contributed by atoms with E-state index in [-0.39, 0.29) is 11.5 Å². The summed E-state index contributed by atoms with van der Waals surface area (Å²) in [5.74, 6) is 0.571. The Bertz CT molecular complexity index is 396. The van der Waals surface area contributed by atoms with Gasteiger partial charge in [0.2, 0.25) is 5.91 Å². The van der Waals surface area contributed by atoms with Crippen molar-refractivity contribution in [2.45, 2.75) is 31.3 Å². The van der Waals surface area contributed by atoms with Gasteiger partial charge in [0.1, 0.15) is 5.82 Å². The Labute approximate surface area is 114 Å². The summed E-state index contributed by atoms with van der Waals surface area (Å²) < 4.78 is 6.47. The van der Waals surface area contributed by atoms with Gasteiger partial charge in [-0.1, -0.05) is 0 Å². The summed E-state index contributed by atoms with van der Waals surface area (Å²) in [6.07, 6.45) is 5.22. The van der Waals surface area contributed by atoms with Crippen molar-refractivity contribution in [1.29, 1.82) is 0 Å². The third kappa shape index (κ3) is 3.16. The number of carbonyl (C=O) groups is 1. The maximum Gasteiger partial charge on any atom is 0.228 e. The van der Waals surface area contributed by atoms with Gasteiger partial charge in [-0.05, 0) is 54.0 Å². The number of hydrogen-bond donors (Lipinski definition) is 1. The monoisotopic (exact) mass is 346 g/mol. The first-order valence-corrected chi connectivity index (χ1v) is 6.68. The van der Waals surface area contributed by atoms with E-state index < -0.39 is 0 Å². The summed E-state index contributed by atoms with van der Waals surface area (Å²) in [7, 11) is 1.68. The van der Waals surface area contributed by atoms with Crippen molar-refractivity contribution < 1.29 is 9.53 Å². The van der Waals surface area contributed by atoms with Crippen LogP contribution in [0.1, 0.15) is 25.7 Å². The van der Waals surface area contributed by atoms with Crippen LogP contribution in [0.25, 0.3) is 0 Å². The molecule has 1 aromatic heterocycles. The average molecular weight is 346 g/mol. The molecule has 1 N–H and O–H groups in total. The van der Waals surface area contributed by atoms with Crippen LogP contribution in [0.4, 0.5) is 5.82 Å². The summed E-state index contributed by atoms with van der Waals surface area (Å²) >= 11 is 2.18. The van der Waals surface area contributed by atoms with E-state index in [0.29, 0.717) is 12.2 Å². The van der Waals surface area contributed by atoms with Gasteiger partial charge in [-0.15, -0.1) is 0 Å². The van der Waals surface area contributed by atoms with Gasteiger partial charge in [0, 0.05) is 16.9 Å². The van der Waals surface area contributed by atoms with Gasteiger partial charge < -0.3 is 10.1 Å². The van der Waals surface area contributed by atoms with E-state index in [9.17, 15) is 4.79 Å². The molecule has 0 saturated heterocycles. The highest BCUT2D eigenvalue weighted by atomic mass is 127. The van der Waals surface area contributed by atoms with Crippen molar-refractivity contribution in [1.82, 2.24) is 4.98 Å². The average Bonchev–Trinajstić information content (AvgIpc) is 2.27. The van der Waals surface area contributed by atoms with Crippen molar-refractivity contribution in [2.75, 3.05) is 12.4 Å². The number of carbonyl (C=O) groups excluding carboxylic acids is 1. The Morgan fingerprint density at radius 1 is 1.59 bits per heavy atom. The van der Waals surface area contributed by atoms with Gasteiger partial charge >= 0.3 is 0 Å². The zero-order valence-corrected chi connectivity index (χ0v) is 11.9. The van der Waals surface area contributed by atoms with Crippen molar-refractivity contribution in [3.8, 4) is 0 Å². The molecule has 1 aromatic rings. The molecular weight excluding hydrogens is 331 g/mol. The number of rotatable bonds is 4. The maximum atomic E-state index is 11.8. The van der Waals surface area contributed by atoms with E-state index in [1.807, 2.05) is 6.07 Å². The molecule has 0 aromatic carbocycles. The summed E-state index contributed by atoms with van der Waals surface area (Å²) in [5.41, 5.74) is -0.229. The van der Waals surface area contributed by atoms with Crippen LogP contribution in [0, 0.1) is 3.57 Å². The molecule has 1 aliphatic carbocycles. The van der Waals surface area contributed by atoms with Crippen LogP contribution in [0.15, 0.2) is 18.3 Å². The minimum atomic E-state index is -0.229. The van der Waals surface area contributed by atoms with E-state index in [2.05, 4.69) is 32.9 Å². The predicted octanol–water partition coefficient (Wildman–Crippen LogP) is 2.58. The second-order valence-corrected chi connectivity index (χ2v) is 5.57. The summed E-state index contributed by atoms with van der Waals surface area (Å²) in [6.45, 7) is 0. The molecule has 2 rings (SSSR count). The minimum absolute atomic E-state index is 0.0275. The molecule has 4 nitrogen and oxygen atoms in total. The van der Waals surface area contributed by atoms with E-state index >= 15 is 0 Å². The number of nitrogens with zero attached hydrogens (tertiary/aromatic N) is 1. The zero-order chi connectivity index (χ0) is 12.3. The molecular formula is C12H15IN2O2. The number of methoxy groups -OCH3 is 1. The minimum Gasteiger partial charge on any atom is -0.378 e. The van der Waals surface area contributed by atoms with Gasteiger partial charge in [-0.25, -0.2) is 4.98 Å². The fraction of sp³-hybridized carbons (Fsp3) is 0.500. The molecule has 5 heteroatoms. The number of nitrogens with one attached hydrogen (secondary N) is 1. The van der Waals surface area contributed by atoms with Gasteiger partial charge in [0.25, 0.3) is 0 Å². The lowest BCUT2D eigenvalue weighted by atomic mass is 9.77. The summed E-state index contributed by atoms with van der Waals surface area (Å²) in [5, 5.41) is 2.79. The molecule has 0 aliphatic heterocycles. The molecule has 1 saturated carbocycles. The van der Waals surface area contributed by atoms with Crippen LogP contribution in [-0.2, 0) is 9.53 Å². The van der Waals surface area contributed by atoms with Crippen LogP contribution in [0.3, 0.4) is 0 Å². The predicted molar refractivity (Wildman–Crippen MR) is 73.8 cm³/mol. The number of ether oxygens (including phenoxy) is 1. The van der Waals surface area contributed by atoms with Crippen LogP contribution in [-0.4, -0.2) is 23.6 Å². The third-order valence-electron chi connectivity index (χ3n) is 3.18. The van der Waals surface area contributed by atoms with E-state index in [1.165, 1.54) is 0 Å². The first-order chi connectivity index (χ1) is 8.13.